The number of anilines is 1. The second-order valence-electron chi connectivity index (χ2n) is 4.44. The van der Waals surface area contributed by atoms with Gasteiger partial charge in [0.25, 0.3) is 0 Å². The maximum Gasteiger partial charge on any atom is 0.337 e. The summed E-state index contributed by atoms with van der Waals surface area (Å²) in [7, 11) is 0. The number of aromatic carboxylic acids is 1. The lowest BCUT2D eigenvalue weighted by molar-refractivity contribution is 0.0698. The Morgan fingerprint density at radius 3 is 3.06 bits per heavy atom. The maximum atomic E-state index is 11.0. The maximum absolute atomic E-state index is 11.0. The molecule has 1 unspecified atom stereocenters. The third-order valence-corrected chi connectivity index (χ3v) is 3.34. The highest BCUT2D eigenvalue weighted by Gasteiger charge is 2.15. The highest BCUT2D eigenvalue weighted by molar-refractivity contribution is 6.31. The first-order valence-electron chi connectivity index (χ1n) is 6.01. The first-order valence-corrected chi connectivity index (χ1v) is 6.39. The lowest BCUT2D eigenvalue weighted by atomic mass is 10.1. The number of halogens is 1. The molecule has 1 aliphatic heterocycles. The molecule has 1 heterocycles. The van der Waals surface area contributed by atoms with E-state index in [2.05, 4.69) is 5.32 Å². The average Bonchev–Trinajstić information content (AvgIpc) is 2.82. The molecule has 0 saturated carbocycles. The monoisotopic (exact) mass is 269 g/mol. The van der Waals surface area contributed by atoms with Crippen LogP contribution in [0.5, 0.6) is 0 Å². The number of hydrogen-bond acceptors (Lipinski definition) is 3. The quantitative estimate of drug-likeness (QED) is 0.863. The average molecular weight is 270 g/mol. The molecule has 0 radical (unpaired) electrons. The third kappa shape index (κ3) is 3.37. The number of nitrogens with one attached hydrogen (secondary N) is 1. The topological polar surface area (TPSA) is 58.6 Å². The van der Waals surface area contributed by atoms with Crippen LogP contribution in [0.1, 0.15) is 23.2 Å². The summed E-state index contributed by atoms with van der Waals surface area (Å²) in [6.45, 7) is 2.37. The fraction of sp³-hybridized carbons (Fsp3) is 0.462. The number of carboxylic acids is 1. The Kier molecular flexibility index (Phi) is 4.44. The number of carbonyl (C=O) groups is 1. The zero-order valence-corrected chi connectivity index (χ0v) is 10.7. The van der Waals surface area contributed by atoms with Gasteiger partial charge < -0.3 is 15.2 Å². The van der Waals surface area contributed by atoms with Crippen molar-refractivity contribution in [1.82, 2.24) is 0 Å². The van der Waals surface area contributed by atoms with Crippen molar-refractivity contribution in [2.24, 2.45) is 5.92 Å². The van der Waals surface area contributed by atoms with Crippen molar-refractivity contribution in [2.75, 3.05) is 25.1 Å². The highest BCUT2D eigenvalue weighted by atomic mass is 35.5. The van der Waals surface area contributed by atoms with Crippen LogP contribution in [0, 0.1) is 5.92 Å². The van der Waals surface area contributed by atoms with Crippen LogP contribution in [0.15, 0.2) is 18.2 Å². The van der Waals surface area contributed by atoms with E-state index in [0.717, 1.165) is 32.6 Å². The lowest BCUT2D eigenvalue weighted by Crippen LogP contribution is -2.11. The Labute approximate surface area is 111 Å². The molecule has 0 bridgehead atoms. The lowest BCUT2D eigenvalue weighted by Gasteiger charge is -2.12. The standard InChI is InChI=1S/C13H16ClNO3/c14-10-1-2-11(13(16)17)12(7-10)15-5-3-9-4-6-18-8-9/h1-2,7,9,15H,3-6,8H2,(H,16,17). The number of benzene rings is 1. The molecule has 1 aliphatic rings. The van der Waals surface area contributed by atoms with Gasteiger partial charge in [-0.05, 0) is 37.0 Å². The van der Waals surface area contributed by atoms with Crippen molar-refractivity contribution in [3.8, 4) is 0 Å². The van der Waals surface area contributed by atoms with Crippen molar-refractivity contribution in [3.05, 3.63) is 28.8 Å². The summed E-state index contributed by atoms with van der Waals surface area (Å²) < 4.78 is 5.30. The van der Waals surface area contributed by atoms with E-state index >= 15 is 0 Å². The van der Waals surface area contributed by atoms with E-state index < -0.39 is 5.97 Å². The van der Waals surface area contributed by atoms with Crippen molar-refractivity contribution in [2.45, 2.75) is 12.8 Å². The Balaban J connectivity index is 1.94. The Morgan fingerprint density at radius 2 is 2.39 bits per heavy atom. The molecule has 0 aliphatic carbocycles. The summed E-state index contributed by atoms with van der Waals surface area (Å²) in [6, 6.07) is 4.75. The predicted molar refractivity (Wildman–Crippen MR) is 70.4 cm³/mol. The zero-order chi connectivity index (χ0) is 13.0. The first kappa shape index (κ1) is 13.2. The molecule has 0 aromatic heterocycles. The van der Waals surface area contributed by atoms with Crippen molar-refractivity contribution in [3.63, 3.8) is 0 Å². The van der Waals surface area contributed by atoms with E-state index in [4.69, 9.17) is 21.4 Å². The SMILES string of the molecule is O=C(O)c1ccc(Cl)cc1NCCC1CCOC1. The van der Waals surface area contributed by atoms with Gasteiger partial charge in [0.05, 0.1) is 11.3 Å². The number of carboxylic acid groups (broad SMARTS) is 1. The van der Waals surface area contributed by atoms with Gasteiger partial charge >= 0.3 is 5.97 Å². The van der Waals surface area contributed by atoms with Gasteiger partial charge in [-0.15, -0.1) is 0 Å². The van der Waals surface area contributed by atoms with E-state index in [1.165, 1.54) is 6.07 Å². The molecule has 1 saturated heterocycles. The van der Waals surface area contributed by atoms with Crippen molar-refractivity contribution in [1.29, 1.82) is 0 Å². The number of rotatable bonds is 5. The molecule has 2 rings (SSSR count). The minimum absolute atomic E-state index is 0.252. The summed E-state index contributed by atoms with van der Waals surface area (Å²) >= 11 is 5.87. The molecular formula is C13H16ClNO3. The van der Waals surface area contributed by atoms with Gasteiger partial charge in [0.1, 0.15) is 0 Å². The van der Waals surface area contributed by atoms with E-state index in [-0.39, 0.29) is 5.56 Å². The number of ether oxygens (including phenoxy) is 1. The second kappa shape index (κ2) is 6.07. The molecule has 98 valence electrons. The van der Waals surface area contributed by atoms with Crippen LogP contribution in [0.2, 0.25) is 5.02 Å². The Bertz CT molecular complexity index is 430. The molecule has 0 spiro atoms. The van der Waals surface area contributed by atoms with Gasteiger partial charge in [0.2, 0.25) is 0 Å². The van der Waals surface area contributed by atoms with Crippen LogP contribution in [0.3, 0.4) is 0 Å². The molecule has 18 heavy (non-hydrogen) atoms. The summed E-state index contributed by atoms with van der Waals surface area (Å²) in [5.74, 6) is -0.372. The molecule has 5 heteroatoms. The minimum atomic E-state index is -0.946. The van der Waals surface area contributed by atoms with E-state index in [9.17, 15) is 4.79 Å². The third-order valence-electron chi connectivity index (χ3n) is 3.10. The molecule has 1 aromatic rings. The Hall–Kier alpha value is -1.26. The first-order chi connectivity index (χ1) is 8.66. The smallest absolute Gasteiger partial charge is 0.337 e. The van der Waals surface area contributed by atoms with E-state index in [1.807, 2.05) is 0 Å². The van der Waals surface area contributed by atoms with Crippen LogP contribution >= 0.6 is 11.6 Å². The molecule has 1 fully saturated rings. The molecule has 1 atom stereocenters. The largest absolute Gasteiger partial charge is 0.478 e. The van der Waals surface area contributed by atoms with Crippen LogP contribution in [0.4, 0.5) is 5.69 Å². The van der Waals surface area contributed by atoms with Gasteiger partial charge in [-0.3, -0.25) is 0 Å². The summed E-state index contributed by atoms with van der Waals surface area (Å²) in [5.41, 5.74) is 0.830. The fourth-order valence-corrected chi connectivity index (χ4v) is 2.24. The molecule has 1 aromatic carbocycles. The summed E-state index contributed by atoms with van der Waals surface area (Å²) in [6.07, 6.45) is 2.06. The van der Waals surface area contributed by atoms with Crippen LogP contribution < -0.4 is 5.32 Å². The van der Waals surface area contributed by atoms with Gasteiger partial charge in [-0.1, -0.05) is 11.6 Å². The van der Waals surface area contributed by atoms with E-state index in [0.29, 0.717) is 16.6 Å². The molecule has 4 nitrogen and oxygen atoms in total. The summed E-state index contributed by atoms with van der Waals surface area (Å²) in [5, 5.41) is 12.7. The molecular weight excluding hydrogens is 254 g/mol. The van der Waals surface area contributed by atoms with Crippen LogP contribution in [0.25, 0.3) is 0 Å². The van der Waals surface area contributed by atoms with Gasteiger partial charge in [0.15, 0.2) is 0 Å². The Morgan fingerprint density at radius 1 is 1.56 bits per heavy atom. The minimum Gasteiger partial charge on any atom is -0.478 e. The van der Waals surface area contributed by atoms with Crippen LogP contribution in [-0.4, -0.2) is 30.8 Å². The van der Waals surface area contributed by atoms with Crippen LogP contribution in [-0.2, 0) is 4.74 Å². The second-order valence-corrected chi connectivity index (χ2v) is 4.88. The molecule has 0 amide bonds. The zero-order valence-electron chi connectivity index (χ0n) is 9.99. The van der Waals surface area contributed by atoms with Gasteiger partial charge in [-0.25, -0.2) is 4.79 Å². The van der Waals surface area contributed by atoms with Crippen molar-refractivity contribution < 1.29 is 14.6 Å². The summed E-state index contributed by atoms with van der Waals surface area (Å²) in [4.78, 5) is 11.0. The predicted octanol–water partition coefficient (Wildman–Crippen LogP) is 2.88. The number of hydrogen-bond donors (Lipinski definition) is 2. The van der Waals surface area contributed by atoms with Crippen molar-refractivity contribution >= 4 is 23.3 Å². The fourth-order valence-electron chi connectivity index (χ4n) is 2.07. The normalized spacial score (nSPS) is 18.8. The van der Waals surface area contributed by atoms with E-state index in [1.54, 1.807) is 12.1 Å². The molecule has 2 N–H and O–H groups in total. The highest BCUT2D eigenvalue weighted by Crippen LogP contribution is 2.22. The van der Waals surface area contributed by atoms with Gasteiger partial charge in [-0.2, -0.15) is 0 Å². The van der Waals surface area contributed by atoms with Gasteiger partial charge in [0, 0.05) is 24.8 Å².